The summed E-state index contributed by atoms with van der Waals surface area (Å²) < 4.78 is 5.77. The third-order valence-electron chi connectivity index (χ3n) is 2.99. The predicted octanol–water partition coefficient (Wildman–Crippen LogP) is 2.97. The van der Waals surface area contributed by atoms with Gasteiger partial charge in [0.15, 0.2) is 17.5 Å². The maximum atomic E-state index is 12.3. The Kier molecular flexibility index (Phi) is 6.75. The molecule has 1 aromatic carbocycles. The Morgan fingerprint density at radius 2 is 1.71 bits per heavy atom. The van der Waals surface area contributed by atoms with Crippen molar-refractivity contribution in [1.29, 1.82) is 0 Å². The molecule has 0 amide bonds. The van der Waals surface area contributed by atoms with Gasteiger partial charge in [0, 0.05) is 16.8 Å². The number of benzene rings is 1. The van der Waals surface area contributed by atoms with Crippen LogP contribution in [0.3, 0.4) is 0 Å². The Labute approximate surface area is 133 Å². The van der Waals surface area contributed by atoms with Gasteiger partial charge in [0.25, 0.3) is 0 Å². The third-order valence-corrected chi connectivity index (χ3v) is 3.52. The van der Waals surface area contributed by atoms with Gasteiger partial charge in [0.05, 0.1) is 6.61 Å². The van der Waals surface area contributed by atoms with Crippen LogP contribution in [0.4, 0.5) is 0 Å². The smallest absolute Gasteiger partial charge is 0.324 e. The molecule has 0 aliphatic carbocycles. The van der Waals surface area contributed by atoms with Crippen LogP contribution in [0.5, 0.6) is 0 Å². The van der Waals surface area contributed by atoms with Crippen LogP contribution in [0.1, 0.15) is 26.3 Å². The molecule has 0 heterocycles. The summed E-state index contributed by atoms with van der Waals surface area (Å²) in [5.74, 6) is -3.29. The first-order chi connectivity index (χ1) is 9.86. The molecule has 4 nitrogen and oxygen atoms in total. The minimum atomic E-state index is -1.33. The number of hydrogen-bond acceptors (Lipinski definition) is 4. The monoisotopic (exact) mass is 354 g/mol. The van der Waals surface area contributed by atoms with Crippen LogP contribution in [-0.2, 0) is 25.5 Å². The zero-order valence-electron chi connectivity index (χ0n) is 12.4. The van der Waals surface area contributed by atoms with E-state index in [1.54, 1.807) is 32.9 Å². The molecule has 0 saturated carbocycles. The van der Waals surface area contributed by atoms with Crippen molar-refractivity contribution in [3.63, 3.8) is 0 Å². The van der Waals surface area contributed by atoms with Gasteiger partial charge in [-0.3, -0.25) is 14.4 Å². The number of ether oxygens (including phenoxy) is 1. The van der Waals surface area contributed by atoms with Gasteiger partial charge < -0.3 is 4.74 Å². The average molecular weight is 355 g/mol. The van der Waals surface area contributed by atoms with E-state index < -0.39 is 29.4 Å². The summed E-state index contributed by atoms with van der Waals surface area (Å²) >= 11 is 3.31. The molecular weight excluding hydrogens is 336 g/mol. The van der Waals surface area contributed by atoms with Crippen LogP contribution in [0.25, 0.3) is 0 Å². The van der Waals surface area contributed by atoms with Crippen LogP contribution < -0.4 is 0 Å². The van der Waals surface area contributed by atoms with Gasteiger partial charge in [-0.25, -0.2) is 0 Å². The Bertz CT molecular complexity index is 520. The molecule has 0 aliphatic rings. The number of carbonyl (C=O) groups is 3. The topological polar surface area (TPSA) is 60.4 Å². The molecule has 0 radical (unpaired) electrons. The Morgan fingerprint density at radius 1 is 1.14 bits per heavy atom. The van der Waals surface area contributed by atoms with Gasteiger partial charge >= 0.3 is 5.97 Å². The summed E-state index contributed by atoms with van der Waals surface area (Å²) in [6.45, 7) is 5.13. The fraction of sp³-hybridized carbons (Fsp3) is 0.438. The van der Waals surface area contributed by atoms with E-state index in [1.807, 2.05) is 12.1 Å². The number of esters is 1. The molecule has 1 atom stereocenters. The molecule has 0 spiro atoms. The summed E-state index contributed by atoms with van der Waals surface area (Å²) in [7, 11) is 0. The SMILES string of the molecule is CCOC(=O)C(C(=O)Cc1ccc(Br)cc1)C(=O)C(C)C. The molecule has 5 heteroatoms. The number of rotatable bonds is 7. The number of hydrogen-bond donors (Lipinski definition) is 0. The van der Waals surface area contributed by atoms with E-state index in [1.165, 1.54) is 0 Å². The van der Waals surface area contributed by atoms with Gasteiger partial charge in [-0.15, -0.1) is 0 Å². The number of carbonyl (C=O) groups excluding carboxylic acids is 3. The van der Waals surface area contributed by atoms with Crippen molar-refractivity contribution in [3.8, 4) is 0 Å². The lowest BCUT2D eigenvalue weighted by Crippen LogP contribution is -2.36. The highest BCUT2D eigenvalue weighted by Crippen LogP contribution is 2.16. The van der Waals surface area contributed by atoms with Crippen molar-refractivity contribution >= 4 is 33.5 Å². The lowest BCUT2D eigenvalue weighted by atomic mass is 9.89. The summed E-state index contributed by atoms with van der Waals surface area (Å²) in [6.07, 6.45) is 0.0369. The highest BCUT2D eigenvalue weighted by molar-refractivity contribution is 9.10. The van der Waals surface area contributed by atoms with E-state index in [9.17, 15) is 14.4 Å². The summed E-state index contributed by atoms with van der Waals surface area (Å²) in [5.41, 5.74) is 0.758. The zero-order valence-corrected chi connectivity index (χ0v) is 14.0. The van der Waals surface area contributed by atoms with Crippen LogP contribution >= 0.6 is 15.9 Å². The van der Waals surface area contributed by atoms with Gasteiger partial charge in [-0.2, -0.15) is 0 Å². The molecule has 0 aromatic heterocycles. The van der Waals surface area contributed by atoms with E-state index in [-0.39, 0.29) is 13.0 Å². The highest BCUT2D eigenvalue weighted by atomic mass is 79.9. The van der Waals surface area contributed by atoms with Gasteiger partial charge in [-0.05, 0) is 24.6 Å². The Morgan fingerprint density at radius 3 is 2.19 bits per heavy atom. The molecule has 0 fully saturated rings. The van der Waals surface area contributed by atoms with Crippen molar-refractivity contribution in [2.24, 2.45) is 11.8 Å². The van der Waals surface area contributed by atoms with Gasteiger partial charge in [0.2, 0.25) is 0 Å². The quantitative estimate of drug-likeness (QED) is 0.557. The second-order valence-corrected chi connectivity index (χ2v) is 5.93. The summed E-state index contributed by atoms with van der Waals surface area (Å²) in [4.78, 5) is 36.3. The molecule has 1 unspecified atom stereocenters. The maximum Gasteiger partial charge on any atom is 0.324 e. The minimum absolute atomic E-state index is 0.0369. The molecule has 0 N–H and O–H groups in total. The zero-order chi connectivity index (χ0) is 16.0. The standard InChI is InChI=1S/C16H19BrO4/c1-4-21-16(20)14(15(19)10(2)3)13(18)9-11-5-7-12(17)8-6-11/h5-8,10,14H,4,9H2,1-3H3. The molecule has 0 aliphatic heterocycles. The summed E-state index contributed by atoms with van der Waals surface area (Å²) in [5, 5.41) is 0. The molecular formula is C16H19BrO4. The number of halogens is 1. The van der Waals surface area contributed by atoms with Crippen LogP contribution in [0.2, 0.25) is 0 Å². The second-order valence-electron chi connectivity index (χ2n) is 5.01. The third kappa shape index (κ3) is 5.08. The fourth-order valence-electron chi connectivity index (χ4n) is 1.87. The minimum Gasteiger partial charge on any atom is -0.465 e. The molecule has 0 saturated heterocycles. The second kappa shape index (κ2) is 8.08. The largest absolute Gasteiger partial charge is 0.465 e. The van der Waals surface area contributed by atoms with Crippen molar-refractivity contribution < 1.29 is 19.1 Å². The Balaban J connectivity index is 2.91. The molecule has 114 valence electrons. The first-order valence-electron chi connectivity index (χ1n) is 6.84. The highest BCUT2D eigenvalue weighted by Gasteiger charge is 2.35. The predicted molar refractivity (Wildman–Crippen MR) is 82.8 cm³/mol. The fourth-order valence-corrected chi connectivity index (χ4v) is 2.14. The van der Waals surface area contributed by atoms with E-state index in [2.05, 4.69) is 15.9 Å². The van der Waals surface area contributed by atoms with Gasteiger partial charge in [0.1, 0.15) is 0 Å². The van der Waals surface area contributed by atoms with Crippen LogP contribution in [0.15, 0.2) is 28.7 Å². The number of Topliss-reactive ketones (excluding diaryl/α,β-unsaturated/α-hetero) is 2. The van der Waals surface area contributed by atoms with E-state index in [0.717, 1.165) is 10.0 Å². The van der Waals surface area contributed by atoms with Crippen molar-refractivity contribution in [2.75, 3.05) is 6.61 Å². The van der Waals surface area contributed by atoms with Crippen molar-refractivity contribution in [1.82, 2.24) is 0 Å². The lowest BCUT2D eigenvalue weighted by Gasteiger charge is -2.15. The van der Waals surface area contributed by atoms with Crippen molar-refractivity contribution in [3.05, 3.63) is 34.3 Å². The van der Waals surface area contributed by atoms with Crippen LogP contribution in [0, 0.1) is 11.8 Å². The first kappa shape index (κ1) is 17.6. The van der Waals surface area contributed by atoms with Gasteiger partial charge in [-0.1, -0.05) is 41.9 Å². The van der Waals surface area contributed by atoms with E-state index in [0.29, 0.717) is 0 Å². The number of ketones is 2. The molecule has 1 aromatic rings. The normalized spacial score (nSPS) is 12.0. The molecule has 1 rings (SSSR count). The maximum absolute atomic E-state index is 12.3. The molecule has 0 bridgehead atoms. The average Bonchev–Trinajstić information content (AvgIpc) is 2.41. The lowest BCUT2D eigenvalue weighted by molar-refractivity contribution is -0.155. The van der Waals surface area contributed by atoms with Crippen molar-refractivity contribution in [2.45, 2.75) is 27.2 Å². The van der Waals surface area contributed by atoms with E-state index in [4.69, 9.17) is 4.74 Å². The van der Waals surface area contributed by atoms with Crippen LogP contribution in [-0.4, -0.2) is 24.1 Å². The Hall–Kier alpha value is -1.49. The first-order valence-corrected chi connectivity index (χ1v) is 7.63. The molecule has 21 heavy (non-hydrogen) atoms. The van der Waals surface area contributed by atoms with E-state index >= 15 is 0 Å². The summed E-state index contributed by atoms with van der Waals surface area (Å²) in [6, 6.07) is 7.19.